The normalized spacial score (nSPS) is 11.6. The van der Waals surface area contributed by atoms with Crippen molar-refractivity contribution in [1.29, 1.82) is 0 Å². The fourth-order valence-corrected chi connectivity index (χ4v) is 1.59. The van der Waals surface area contributed by atoms with Gasteiger partial charge in [0, 0.05) is 29.8 Å². The van der Waals surface area contributed by atoms with Crippen LogP contribution in [0.1, 0.15) is 18.2 Å². The summed E-state index contributed by atoms with van der Waals surface area (Å²) in [6.07, 6.45) is 1.31. The molecule has 0 aromatic carbocycles. The van der Waals surface area contributed by atoms with Crippen LogP contribution in [0.5, 0.6) is 0 Å². The van der Waals surface area contributed by atoms with Gasteiger partial charge in [-0.25, -0.2) is 0 Å². The Kier molecular flexibility index (Phi) is 3.27. The third-order valence-electron chi connectivity index (χ3n) is 2.47. The van der Waals surface area contributed by atoms with E-state index in [4.69, 9.17) is 0 Å². The highest BCUT2D eigenvalue weighted by atomic mass is 19.4. The van der Waals surface area contributed by atoms with Crippen LogP contribution in [0.25, 0.3) is 11.3 Å². The monoisotopic (exact) mass is 253 g/mol. The van der Waals surface area contributed by atoms with Crippen molar-refractivity contribution in [2.45, 2.75) is 19.5 Å². The maximum atomic E-state index is 12.6. The number of pyridine rings is 1. The number of aromatic nitrogens is 3. The van der Waals surface area contributed by atoms with Crippen molar-refractivity contribution in [3.8, 4) is 11.3 Å². The average molecular weight is 253 g/mol. The van der Waals surface area contributed by atoms with E-state index in [0.29, 0.717) is 23.4 Å². The molecule has 0 unspecified atom stereocenters. The third kappa shape index (κ3) is 2.47. The van der Waals surface area contributed by atoms with Crippen LogP contribution >= 0.6 is 0 Å². The first-order valence-corrected chi connectivity index (χ1v) is 5.35. The summed E-state index contributed by atoms with van der Waals surface area (Å²) < 4.78 is 37.9. The van der Waals surface area contributed by atoms with Gasteiger partial charge in [0.05, 0.1) is 17.5 Å². The first-order valence-electron chi connectivity index (χ1n) is 5.35. The molecule has 0 aliphatic rings. The minimum atomic E-state index is -4.41. The van der Waals surface area contributed by atoms with Crippen molar-refractivity contribution in [3.05, 3.63) is 42.1 Å². The van der Waals surface area contributed by atoms with Crippen molar-refractivity contribution in [3.63, 3.8) is 0 Å². The van der Waals surface area contributed by atoms with E-state index in [0.717, 1.165) is 12.3 Å². The molecule has 18 heavy (non-hydrogen) atoms. The Morgan fingerprint density at radius 2 is 1.89 bits per heavy atom. The molecule has 0 bridgehead atoms. The molecule has 0 aliphatic carbocycles. The molecule has 0 saturated heterocycles. The molecule has 2 aromatic rings. The Bertz CT molecular complexity index is 538. The molecule has 0 amide bonds. The van der Waals surface area contributed by atoms with Gasteiger partial charge in [-0.05, 0) is 12.5 Å². The van der Waals surface area contributed by atoms with E-state index in [1.54, 1.807) is 0 Å². The van der Waals surface area contributed by atoms with E-state index in [1.807, 2.05) is 6.92 Å². The number of alkyl halides is 3. The smallest absolute Gasteiger partial charge is 0.261 e. The number of aryl methyl sites for hydroxylation is 1. The zero-order valence-corrected chi connectivity index (χ0v) is 9.57. The molecular weight excluding hydrogens is 243 g/mol. The van der Waals surface area contributed by atoms with Crippen LogP contribution in [-0.4, -0.2) is 15.0 Å². The van der Waals surface area contributed by atoms with Crippen LogP contribution in [0.2, 0.25) is 0 Å². The molecule has 0 atom stereocenters. The molecule has 0 fully saturated rings. The minimum absolute atomic E-state index is 0.375. The lowest BCUT2D eigenvalue weighted by atomic mass is 10.1. The lowest BCUT2D eigenvalue weighted by Crippen LogP contribution is -2.07. The Morgan fingerprint density at radius 1 is 1.11 bits per heavy atom. The quantitative estimate of drug-likeness (QED) is 0.825. The Balaban J connectivity index is 2.57. The van der Waals surface area contributed by atoms with Crippen LogP contribution in [0, 0.1) is 0 Å². The highest BCUT2D eigenvalue weighted by molar-refractivity contribution is 5.61. The standard InChI is InChI=1S/C12H10F3N3/c1-2-10-9(11-7-16-3-4-17-11)5-8(6-18-10)12(13,14)15/h3-7H,2H2,1H3. The van der Waals surface area contributed by atoms with E-state index >= 15 is 0 Å². The molecule has 2 aromatic heterocycles. The second-order valence-electron chi connectivity index (χ2n) is 3.66. The number of halogens is 3. The summed E-state index contributed by atoms with van der Waals surface area (Å²) >= 11 is 0. The minimum Gasteiger partial charge on any atom is -0.261 e. The fourth-order valence-electron chi connectivity index (χ4n) is 1.59. The van der Waals surface area contributed by atoms with Crippen LogP contribution in [0.4, 0.5) is 13.2 Å². The molecule has 0 radical (unpaired) electrons. The number of hydrogen-bond donors (Lipinski definition) is 0. The van der Waals surface area contributed by atoms with Gasteiger partial charge >= 0.3 is 6.18 Å². The first kappa shape index (κ1) is 12.5. The van der Waals surface area contributed by atoms with E-state index in [1.165, 1.54) is 18.6 Å². The number of rotatable bonds is 2. The van der Waals surface area contributed by atoms with Gasteiger partial charge in [0.15, 0.2) is 0 Å². The average Bonchev–Trinajstić information content (AvgIpc) is 2.38. The summed E-state index contributed by atoms with van der Waals surface area (Å²) in [7, 11) is 0. The molecule has 3 nitrogen and oxygen atoms in total. The first-order chi connectivity index (χ1) is 8.52. The van der Waals surface area contributed by atoms with Crippen molar-refractivity contribution in [1.82, 2.24) is 15.0 Å². The summed E-state index contributed by atoms with van der Waals surface area (Å²) in [4.78, 5) is 11.7. The van der Waals surface area contributed by atoms with Crippen molar-refractivity contribution in [2.24, 2.45) is 0 Å². The van der Waals surface area contributed by atoms with E-state index in [2.05, 4.69) is 15.0 Å². The lowest BCUT2D eigenvalue weighted by molar-refractivity contribution is -0.137. The van der Waals surface area contributed by atoms with Gasteiger partial charge in [-0.2, -0.15) is 13.2 Å². The van der Waals surface area contributed by atoms with Gasteiger partial charge < -0.3 is 0 Å². The van der Waals surface area contributed by atoms with Crippen LogP contribution < -0.4 is 0 Å². The van der Waals surface area contributed by atoms with Gasteiger partial charge in [-0.1, -0.05) is 6.92 Å². The van der Waals surface area contributed by atoms with Gasteiger partial charge in [0.25, 0.3) is 0 Å². The molecule has 6 heteroatoms. The molecule has 0 spiro atoms. The van der Waals surface area contributed by atoms with Gasteiger partial charge in [-0.15, -0.1) is 0 Å². The Hall–Kier alpha value is -1.98. The van der Waals surface area contributed by atoms with E-state index in [-0.39, 0.29) is 0 Å². The highest BCUT2D eigenvalue weighted by Crippen LogP contribution is 2.32. The predicted octanol–water partition coefficient (Wildman–Crippen LogP) is 3.12. The van der Waals surface area contributed by atoms with Gasteiger partial charge in [-0.3, -0.25) is 15.0 Å². The zero-order chi connectivity index (χ0) is 13.2. The van der Waals surface area contributed by atoms with Gasteiger partial charge in [0.1, 0.15) is 0 Å². The molecule has 94 valence electrons. The summed E-state index contributed by atoms with van der Waals surface area (Å²) in [6, 6.07) is 1.07. The van der Waals surface area contributed by atoms with Crippen LogP contribution in [0.3, 0.4) is 0 Å². The second-order valence-corrected chi connectivity index (χ2v) is 3.66. The Labute approximate surface area is 102 Å². The summed E-state index contributed by atoms with van der Waals surface area (Å²) in [5.41, 5.74) is 0.567. The van der Waals surface area contributed by atoms with Crippen molar-refractivity contribution < 1.29 is 13.2 Å². The second kappa shape index (κ2) is 4.72. The molecule has 2 rings (SSSR count). The Morgan fingerprint density at radius 3 is 2.44 bits per heavy atom. The molecular formula is C12H10F3N3. The SMILES string of the molecule is CCc1ncc(C(F)(F)F)cc1-c1cnccn1. The fraction of sp³-hybridized carbons (Fsp3) is 0.250. The predicted molar refractivity (Wildman–Crippen MR) is 59.6 cm³/mol. The molecule has 0 aliphatic heterocycles. The number of hydrogen-bond acceptors (Lipinski definition) is 3. The maximum absolute atomic E-state index is 12.6. The summed E-state index contributed by atoms with van der Waals surface area (Å²) in [6.45, 7) is 1.83. The molecule has 2 heterocycles. The van der Waals surface area contributed by atoms with Crippen LogP contribution in [0.15, 0.2) is 30.9 Å². The number of nitrogens with zero attached hydrogens (tertiary/aromatic N) is 3. The van der Waals surface area contributed by atoms with Gasteiger partial charge in [0.2, 0.25) is 0 Å². The topological polar surface area (TPSA) is 38.7 Å². The summed E-state index contributed by atoms with van der Waals surface area (Å²) in [5, 5.41) is 0. The van der Waals surface area contributed by atoms with Crippen LogP contribution in [-0.2, 0) is 12.6 Å². The largest absolute Gasteiger partial charge is 0.417 e. The zero-order valence-electron chi connectivity index (χ0n) is 9.57. The van der Waals surface area contributed by atoms with Crippen molar-refractivity contribution in [2.75, 3.05) is 0 Å². The maximum Gasteiger partial charge on any atom is 0.417 e. The van der Waals surface area contributed by atoms with E-state index in [9.17, 15) is 13.2 Å². The molecule has 0 N–H and O–H groups in total. The molecule has 0 saturated carbocycles. The highest BCUT2D eigenvalue weighted by Gasteiger charge is 2.31. The third-order valence-corrected chi connectivity index (χ3v) is 2.47. The van der Waals surface area contributed by atoms with Crippen molar-refractivity contribution >= 4 is 0 Å². The lowest BCUT2D eigenvalue weighted by Gasteiger charge is -2.11. The summed E-state index contributed by atoms with van der Waals surface area (Å²) in [5.74, 6) is 0. The van der Waals surface area contributed by atoms with E-state index < -0.39 is 11.7 Å².